The second-order valence-corrected chi connectivity index (χ2v) is 6.03. The molecule has 0 radical (unpaired) electrons. The van der Waals surface area contributed by atoms with E-state index in [1.165, 1.54) is 6.33 Å². The molecule has 0 spiro atoms. The monoisotopic (exact) mass is 330 g/mol. The lowest BCUT2D eigenvalue weighted by molar-refractivity contribution is 0.0918. The van der Waals surface area contributed by atoms with Crippen LogP contribution in [0, 0.1) is 13.8 Å². The summed E-state index contributed by atoms with van der Waals surface area (Å²) in [7, 11) is 1.71. The van der Waals surface area contributed by atoms with E-state index in [2.05, 4.69) is 20.2 Å². The Morgan fingerprint density at radius 1 is 1.50 bits per heavy atom. The van der Waals surface area contributed by atoms with Crippen LogP contribution in [0.3, 0.4) is 0 Å². The molecular formula is C17H22N4O3. The number of methoxy groups -OCH3 is 1. The fraction of sp³-hybridized carbons (Fsp3) is 0.471. The maximum Gasteiger partial charge on any atom is 0.287 e. The Kier molecular flexibility index (Phi) is 4.80. The third-order valence-electron chi connectivity index (χ3n) is 4.46. The summed E-state index contributed by atoms with van der Waals surface area (Å²) in [5.74, 6) is 1.76. The zero-order valence-electron chi connectivity index (χ0n) is 14.2. The average molecular weight is 330 g/mol. The van der Waals surface area contributed by atoms with E-state index in [9.17, 15) is 4.79 Å². The lowest BCUT2D eigenvalue weighted by Gasteiger charge is -2.25. The van der Waals surface area contributed by atoms with Gasteiger partial charge in [0.15, 0.2) is 5.76 Å². The highest BCUT2D eigenvalue weighted by Gasteiger charge is 2.33. The number of amides is 1. The van der Waals surface area contributed by atoms with Crippen LogP contribution in [0.5, 0.6) is 0 Å². The molecule has 0 aromatic carbocycles. The van der Waals surface area contributed by atoms with Crippen molar-refractivity contribution >= 4 is 11.7 Å². The van der Waals surface area contributed by atoms with E-state index in [1.54, 1.807) is 19.4 Å². The van der Waals surface area contributed by atoms with E-state index in [0.717, 1.165) is 30.1 Å². The molecule has 2 aromatic rings. The van der Waals surface area contributed by atoms with Crippen molar-refractivity contribution in [2.75, 3.05) is 25.1 Å². The first-order valence-electron chi connectivity index (χ1n) is 7.99. The highest BCUT2D eigenvalue weighted by atomic mass is 16.5. The van der Waals surface area contributed by atoms with Crippen LogP contribution in [-0.4, -0.2) is 48.2 Å². The van der Waals surface area contributed by atoms with E-state index in [4.69, 9.17) is 9.15 Å². The summed E-state index contributed by atoms with van der Waals surface area (Å²) in [6, 6.07) is 3.75. The Balaban J connectivity index is 1.67. The molecule has 7 heteroatoms. The summed E-state index contributed by atoms with van der Waals surface area (Å²) < 4.78 is 11.0. The number of furan rings is 1. The first kappa shape index (κ1) is 16.4. The number of nitrogens with zero attached hydrogens (tertiary/aromatic N) is 3. The highest BCUT2D eigenvalue weighted by molar-refractivity contribution is 5.91. The number of aromatic nitrogens is 2. The van der Waals surface area contributed by atoms with Gasteiger partial charge in [0.05, 0.1) is 12.1 Å². The minimum absolute atomic E-state index is 0.117. The molecule has 2 atom stereocenters. The summed E-state index contributed by atoms with van der Waals surface area (Å²) >= 11 is 0. The predicted octanol–water partition coefficient (Wildman–Crippen LogP) is 1.71. The fourth-order valence-corrected chi connectivity index (χ4v) is 2.95. The number of carbonyl (C=O) groups excluding carboxylic acids is 1. The third kappa shape index (κ3) is 3.41. The number of anilines is 1. The van der Waals surface area contributed by atoms with Crippen molar-refractivity contribution in [1.29, 1.82) is 0 Å². The van der Waals surface area contributed by atoms with Crippen molar-refractivity contribution in [2.45, 2.75) is 32.4 Å². The highest BCUT2D eigenvalue weighted by Crippen LogP contribution is 2.24. The molecule has 1 saturated heterocycles. The minimum Gasteiger partial charge on any atom is -0.456 e. The van der Waals surface area contributed by atoms with Crippen LogP contribution in [0.4, 0.5) is 5.82 Å². The molecule has 1 fully saturated rings. The molecule has 1 amide bonds. The Morgan fingerprint density at radius 3 is 2.96 bits per heavy atom. The lowest BCUT2D eigenvalue weighted by atomic mass is 10.2. The molecule has 2 aromatic heterocycles. The summed E-state index contributed by atoms with van der Waals surface area (Å²) in [6.45, 7) is 5.02. The second-order valence-electron chi connectivity index (χ2n) is 6.03. The third-order valence-corrected chi connectivity index (χ3v) is 4.46. The summed E-state index contributed by atoms with van der Waals surface area (Å²) in [6.07, 6.45) is 4.19. The predicted molar refractivity (Wildman–Crippen MR) is 89.1 cm³/mol. The van der Waals surface area contributed by atoms with Gasteiger partial charge >= 0.3 is 0 Å². The number of ether oxygens (including phenoxy) is 1. The Labute approximate surface area is 141 Å². The molecule has 128 valence electrons. The van der Waals surface area contributed by atoms with Crippen molar-refractivity contribution < 1.29 is 13.9 Å². The van der Waals surface area contributed by atoms with E-state index in [1.807, 2.05) is 19.9 Å². The second kappa shape index (κ2) is 7.00. The van der Waals surface area contributed by atoms with Crippen LogP contribution in [0.15, 0.2) is 29.1 Å². The molecule has 3 heterocycles. The molecular weight excluding hydrogens is 308 g/mol. The van der Waals surface area contributed by atoms with Crippen LogP contribution in [0.25, 0.3) is 0 Å². The molecule has 1 N–H and O–H groups in total. The van der Waals surface area contributed by atoms with Crippen molar-refractivity contribution in [2.24, 2.45) is 0 Å². The quantitative estimate of drug-likeness (QED) is 0.899. The SMILES string of the molecule is CO[C@@H]1C[C@H](CNC(=O)c2cc(C)c(C)o2)N(c2ccncn2)C1. The molecule has 0 aliphatic carbocycles. The smallest absolute Gasteiger partial charge is 0.287 e. The summed E-state index contributed by atoms with van der Waals surface area (Å²) in [4.78, 5) is 22.7. The molecule has 3 rings (SSSR count). The van der Waals surface area contributed by atoms with Crippen molar-refractivity contribution in [3.8, 4) is 0 Å². The molecule has 7 nitrogen and oxygen atoms in total. The molecule has 1 aliphatic rings. The molecule has 0 bridgehead atoms. The summed E-state index contributed by atoms with van der Waals surface area (Å²) in [5.41, 5.74) is 0.975. The van der Waals surface area contributed by atoms with Gasteiger partial charge in [-0.2, -0.15) is 0 Å². The van der Waals surface area contributed by atoms with Gasteiger partial charge in [-0.15, -0.1) is 0 Å². The zero-order chi connectivity index (χ0) is 17.1. The first-order chi connectivity index (χ1) is 11.6. The van der Waals surface area contributed by atoms with E-state index in [0.29, 0.717) is 12.3 Å². The molecule has 24 heavy (non-hydrogen) atoms. The van der Waals surface area contributed by atoms with E-state index < -0.39 is 0 Å². The van der Waals surface area contributed by atoms with Gasteiger partial charge in [0.1, 0.15) is 17.9 Å². The van der Waals surface area contributed by atoms with Crippen molar-refractivity contribution in [3.63, 3.8) is 0 Å². The Bertz CT molecular complexity index is 682. The van der Waals surface area contributed by atoms with Gasteiger partial charge in [-0.05, 0) is 38.0 Å². The van der Waals surface area contributed by atoms with Crippen LogP contribution in [-0.2, 0) is 4.74 Å². The Morgan fingerprint density at radius 2 is 2.33 bits per heavy atom. The van der Waals surface area contributed by atoms with Crippen LogP contribution < -0.4 is 10.2 Å². The zero-order valence-corrected chi connectivity index (χ0v) is 14.2. The van der Waals surface area contributed by atoms with Gasteiger partial charge in [-0.25, -0.2) is 9.97 Å². The van der Waals surface area contributed by atoms with Gasteiger partial charge in [-0.3, -0.25) is 4.79 Å². The average Bonchev–Trinajstić information content (AvgIpc) is 3.17. The van der Waals surface area contributed by atoms with Crippen LogP contribution >= 0.6 is 0 Å². The number of hydrogen-bond acceptors (Lipinski definition) is 6. The Hall–Kier alpha value is -2.41. The van der Waals surface area contributed by atoms with Gasteiger partial charge in [-0.1, -0.05) is 0 Å². The standard InChI is InChI=1S/C17H22N4O3/c1-11-6-15(24-12(11)2)17(22)19-8-13-7-14(23-3)9-21(13)16-4-5-18-10-20-16/h4-6,10,13-14H,7-9H2,1-3H3,(H,19,22)/t13-,14-/m1/s1. The van der Waals surface area contributed by atoms with Gasteiger partial charge in [0.25, 0.3) is 5.91 Å². The molecule has 1 aliphatic heterocycles. The topological polar surface area (TPSA) is 80.5 Å². The van der Waals surface area contributed by atoms with Crippen molar-refractivity contribution in [3.05, 3.63) is 41.7 Å². The summed E-state index contributed by atoms with van der Waals surface area (Å²) in [5, 5.41) is 2.95. The van der Waals surface area contributed by atoms with Crippen LogP contribution in [0.1, 0.15) is 28.3 Å². The van der Waals surface area contributed by atoms with Crippen LogP contribution in [0.2, 0.25) is 0 Å². The molecule has 0 unspecified atom stereocenters. The lowest BCUT2D eigenvalue weighted by Crippen LogP contribution is -2.40. The molecule has 0 saturated carbocycles. The minimum atomic E-state index is -0.199. The number of aryl methyl sites for hydroxylation is 2. The number of carbonyl (C=O) groups is 1. The number of rotatable bonds is 5. The van der Waals surface area contributed by atoms with E-state index >= 15 is 0 Å². The first-order valence-corrected chi connectivity index (χ1v) is 7.99. The maximum atomic E-state index is 12.3. The number of hydrogen-bond donors (Lipinski definition) is 1. The number of nitrogens with one attached hydrogen (secondary N) is 1. The van der Waals surface area contributed by atoms with Gasteiger partial charge in [0.2, 0.25) is 0 Å². The maximum absolute atomic E-state index is 12.3. The van der Waals surface area contributed by atoms with Gasteiger partial charge in [0, 0.05) is 26.4 Å². The fourth-order valence-electron chi connectivity index (χ4n) is 2.95. The van der Waals surface area contributed by atoms with Crippen molar-refractivity contribution in [1.82, 2.24) is 15.3 Å². The normalized spacial score (nSPS) is 20.4. The van der Waals surface area contributed by atoms with E-state index in [-0.39, 0.29) is 18.1 Å². The largest absolute Gasteiger partial charge is 0.456 e. The van der Waals surface area contributed by atoms with Gasteiger partial charge < -0.3 is 19.4 Å².